The second kappa shape index (κ2) is 4.89. The van der Waals surface area contributed by atoms with Crippen molar-refractivity contribution in [2.75, 3.05) is 0 Å². The van der Waals surface area contributed by atoms with E-state index in [0.29, 0.717) is 18.4 Å². The van der Waals surface area contributed by atoms with Crippen LogP contribution in [0.15, 0.2) is 18.2 Å². The van der Waals surface area contributed by atoms with E-state index in [1.165, 1.54) is 6.07 Å². The quantitative estimate of drug-likeness (QED) is 0.718. The van der Waals surface area contributed by atoms with Gasteiger partial charge in [-0.05, 0) is 36.0 Å². The summed E-state index contributed by atoms with van der Waals surface area (Å²) in [7, 11) is 0. The Labute approximate surface area is 94.5 Å². The molecule has 0 nitrogen and oxygen atoms in total. The molecule has 0 aliphatic heterocycles. The van der Waals surface area contributed by atoms with Gasteiger partial charge in [0.1, 0.15) is 0 Å². The van der Waals surface area contributed by atoms with Crippen molar-refractivity contribution in [1.82, 2.24) is 0 Å². The number of rotatable bonds is 3. The van der Waals surface area contributed by atoms with Gasteiger partial charge < -0.3 is 0 Å². The van der Waals surface area contributed by atoms with Gasteiger partial charge in [0.15, 0.2) is 0 Å². The predicted molar refractivity (Wildman–Crippen MR) is 59.4 cm³/mol. The summed E-state index contributed by atoms with van der Waals surface area (Å²) in [5.41, 5.74) is 0.667. The highest BCUT2D eigenvalue weighted by Crippen LogP contribution is 2.33. The molecule has 0 aliphatic carbocycles. The van der Waals surface area contributed by atoms with Gasteiger partial charge in [-0.15, -0.1) is 0 Å². The second-order valence-corrected chi connectivity index (χ2v) is 4.44. The number of hydrogen-bond donors (Lipinski definition) is 0. The standard InChI is InChI=1S/C13H17F3/c1-4-10-5-6-11(7-9(2)3)12(8-10)13(14,15)16/h5-6,8-9H,4,7H2,1-3H3. The topological polar surface area (TPSA) is 0 Å². The van der Waals surface area contributed by atoms with Crippen LogP contribution in [0.3, 0.4) is 0 Å². The Morgan fingerprint density at radius 2 is 1.81 bits per heavy atom. The van der Waals surface area contributed by atoms with Crippen LogP contribution in [0.5, 0.6) is 0 Å². The normalized spacial score (nSPS) is 12.2. The lowest BCUT2D eigenvalue weighted by molar-refractivity contribution is -0.138. The third-order valence-electron chi connectivity index (χ3n) is 2.52. The predicted octanol–water partition coefficient (Wildman–Crippen LogP) is 4.47. The number of halogens is 3. The first kappa shape index (κ1) is 13.1. The molecular formula is C13H17F3. The van der Waals surface area contributed by atoms with Gasteiger partial charge >= 0.3 is 6.18 Å². The first-order chi connectivity index (χ1) is 7.34. The maximum Gasteiger partial charge on any atom is 0.416 e. The van der Waals surface area contributed by atoms with E-state index in [2.05, 4.69) is 0 Å². The minimum Gasteiger partial charge on any atom is -0.166 e. The van der Waals surface area contributed by atoms with E-state index in [1.807, 2.05) is 20.8 Å². The fourth-order valence-corrected chi connectivity index (χ4v) is 1.73. The highest BCUT2D eigenvalue weighted by molar-refractivity contribution is 5.34. The second-order valence-electron chi connectivity index (χ2n) is 4.44. The molecule has 0 amide bonds. The van der Waals surface area contributed by atoms with Crippen molar-refractivity contribution in [2.24, 2.45) is 5.92 Å². The smallest absolute Gasteiger partial charge is 0.166 e. The molecule has 1 aromatic rings. The number of alkyl halides is 3. The Kier molecular flexibility index (Phi) is 4.00. The summed E-state index contributed by atoms with van der Waals surface area (Å²) in [5.74, 6) is 0.230. The molecule has 0 fully saturated rings. The van der Waals surface area contributed by atoms with E-state index in [0.717, 1.165) is 5.56 Å². The minimum atomic E-state index is -4.24. The van der Waals surface area contributed by atoms with Gasteiger partial charge in [0, 0.05) is 0 Å². The fraction of sp³-hybridized carbons (Fsp3) is 0.538. The van der Waals surface area contributed by atoms with Crippen LogP contribution >= 0.6 is 0 Å². The molecule has 1 rings (SSSR count). The molecule has 16 heavy (non-hydrogen) atoms. The summed E-state index contributed by atoms with van der Waals surface area (Å²) in [6.07, 6.45) is -3.14. The first-order valence-electron chi connectivity index (χ1n) is 5.53. The third kappa shape index (κ3) is 3.26. The van der Waals surface area contributed by atoms with E-state index >= 15 is 0 Å². The van der Waals surface area contributed by atoms with Crippen molar-refractivity contribution in [3.05, 3.63) is 34.9 Å². The SMILES string of the molecule is CCc1ccc(CC(C)C)c(C(F)(F)F)c1. The first-order valence-corrected chi connectivity index (χ1v) is 5.53. The maximum atomic E-state index is 12.8. The van der Waals surface area contributed by atoms with Gasteiger partial charge in [0.25, 0.3) is 0 Å². The van der Waals surface area contributed by atoms with Crippen molar-refractivity contribution in [2.45, 2.75) is 39.8 Å². The Morgan fingerprint density at radius 3 is 2.25 bits per heavy atom. The molecule has 0 aliphatic rings. The lowest BCUT2D eigenvalue weighted by Gasteiger charge is -2.15. The monoisotopic (exact) mass is 230 g/mol. The zero-order valence-corrected chi connectivity index (χ0v) is 9.86. The summed E-state index contributed by atoms with van der Waals surface area (Å²) in [6.45, 7) is 5.71. The number of hydrogen-bond acceptors (Lipinski definition) is 0. The molecule has 0 atom stereocenters. The molecule has 0 aromatic heterocycles. The van der Waals surface area contributed by atoms with E-state index in [1.54, 1.807) is 12.1 Å². The van der Waals surface area contributed by atoms with E-state index < -0.39 is 11.7 Å². The van der Waals surface area contributed by atoms with Crippen LogP contribution in [-0.2, 0) is 19.0 Å². The average Bonchev–Trinajstić information content (AvgIpc) is 2.15. The molecule has 0 bridgehead atoms. The van der Waals surface area contributed by atoms with Gasteiger partial charge in [-0.1, -0.05) is 32.9 Å². The van der Waals surface area contributed by atoms with Crippen LogP contribution in [0, 0.1) is 5.92 Å². The fourth-order valence-electron chi connectivity index (χ4n) is 1.73. The third-order valence-corrected chi connectivity index (χ3v) is 2.52. The van der Waals surface area contributed by atoms with Crippen LogP contribution in [0.2, 0.25) is 0 Å². The highest BCUT2D eigenvalue weighted by atomic mass is 19.4. The van der Waals surface area contributed by atoms with Crippen molar-refractivity contribution in [3.63, 3.8) is 0 Å². The molecule has 0 unspecified atom stereocenters. The molecule has 3 heteroatoms. The molecule has 0 heterocycles. The van der Waals surface area contributed by atoms with Crippen LogP contribution in [0.25, 0.3) is 0 Å². The molecule has 90 valence electrons. The zero-order chi connectivity index (χ0) is 12.3. The Hall–Kier alpha value is -0.990. The summed E-state index contributed by atoms with van der Waals surface area (Å²) >= 11 is 0. The van der Waals surface area contributed by atoms with Gasteiger partial charge in [-0.25, -0.2) is 0 Å². The van der Waals surface area contributed by atoms with Crippen molar-refractivity contribution in [3.8, 4) is 0 Å². The van der Waals surface area contributed by atoms with Gasteiger partial charge in [0.2, 0.25) is 0 Å². The van der Waals surface area contributed by atoms with Crippen LogP contribution < -0.4 is 0 Å². The largest absolute Gasteiger partial charge is 0.416 e. The maximum absolute atomic E-state index is 12.8. The lowest BCUT2D eigenvalue weighted by atomic mass is 9.95. The molecule has 0 saturated heterocycles. The molecule has 0 radical (unpaired) electrons. The molecule has 1 aromatic carbocycles. The number of benzene rings is 1. The summed E-state index contributed by atoms with van der Waals surface area (Å²) in [4.78, 5) is 0. The van der Waals surface area contributed by atoms with E-state index in [9.17, 15) is 13.2 Å². The summed E-state index contributed by atoms with van der Waals surface area (Å²) in [6, 6.07) is 4.67. The highest BCUT2D eigenvalue weighted by Gasteiger charge is 2.33. The van der Waals surface area contributed by atoms with Crippen LogP contribution in [0.1, 0.15) is 37.5 Å². The van der Waals surface area contributed by atoms with Gasteiger partial charge in [-0.2, -0.15) is 13.2 Å². The molecule has 0 saturated carbocycles. The van der Waals surface area contributed by atoms with Crippen LogP contribution in [-0.4, -0.2) is 0 Å². The van der Waals surface area contributed by atoms with Gasteiger partial charge in [0.05, 0.1) is 5.56 Å². The van der Waals surface area contributed by atoms with Crippen molar-refractivity contribution in [1.29, 1.82) is 0 Å². The lowest BCUT2D eigenvalue weighted by Crippen LogP contribution is -2.11. The van der Waals surface area contributed by atoms with Crippen molar-refractivity contribution >= 4 is 0 Å². The van der Waals surface area contributed by atoms with E-state index in [-0.39, 0.29) is 5.92 Å². The zero-order valence-electron chi connectivity index (χ0n) is 9.86. The molecule has 0 N–H and O–H groups in total. The van der Waals surface area contributed by atoms with Crippen LogP contribution in [0.4, 0.5) is 13.2 Å². The Bertz CT molecular complexity index is 351. The molecule has 0 spiro atoms. The summed E-state index contributed by atoms with van der Waals surface area (Å²) < 4.78 is 38.4. The Morgan fingerprint density at radius 1 is 1.19 bits per heavy atom. The number of aryl methyl sites for hydroxylation is 1. The average molecular weight is 230 g/mol. The minimum absolute atomic E-state index is 0.230. The van der Waals surface area contributed by atoms with Crippen molar-refractivity contribution < 1.29 is 13.2 Å². The molecular weight excluding hydrogens is 213 g/mol. The van der Waals surface area contributed by atoms with E-state index in [4.69, 9.17) is 0 Å². The Balaban J connectivity index is 3.17. The summed E-state index contributed by atoms with van der Waals surface area (Å²) in [5, 5.41) is 0. The van der Waals surface area contributed by atoms with Gasteiger partial charge in [-0.3, -0.25) is 0 Å².